The third-order valence-corrected chi connectivity index (χ3v) is 3.14. The Labute approximate surface area is 107 Å². The van der Waals surface area contributed by atoms with Crippen LogP contribution in [0.1, 0.15) is 13.8 Å². The molecule has 0 aromatic rings. The molecular formula is C12H22N2O4. The van der Waals surface area contributed by atoms with Crippen LogP contribution in [0, 0.1) is 0 Å². The summed E-state index contributed by atoms with van der Waals surface area (Å²) in [6.45, 7) is 3.35. The van der Waals surface area contributed by atoms with Crippen LogP contribution in [0.15, 0.2) is 11.1 Å². The molecule has 104 valence electrons. The first-order valence-corrected chi connectivity index (χ1v) is 5.64. The van der Waals surface area contributed by atoms with Gasteiger partial charge in [0.25, 0.3) is 0 Å². The fourth-order valence-corrected chi connectivity index (χ4v) is 1.55. The maximum Gasteiger partial charge on any atom is 0.333 e. The Balaban J connectivity index is 5.89. The molecule has 0 spiro atoms. The SMILES string of the molecule is CC(/C(C(=O)O)=C(/C(=O)O)C(C)N(C)C)N(C)C. The Kier molecular flexibility index (Phi) is 6.00. The van der Waals surface area contributed by atoms with E-state index in [1.807, 2.05) is 0 Å². The summed E-state index contributed by atoms with van der Waals surface area (Å²) >= 11 is 0. The van der Waals surface area contributed by atoms with E-state index in [1.54, 1.807) is 51.8 Å². The highest BCUT2D eigenvalue weighted by atomic mass is 16.4. The van der Waals surface area contributed by atoms with Crippen molar-refractivity contribution in [2.24, 2.45) is 0 Å². The normalized spacial score (nSPS) is 16.4. The van der Waals surface area contributed by atoms with Crippen molar-refractivity contribution in [3.8, 4) is 0 Å². The van der Waals surface area contributed by atoms with Crippen molar-refractivity contribution in [2.45, 2.75) is 25.9 Å². The Morgan fingerprint density at radius 2 is 1.00 bits per heavy atom. The van der Waals surface area contributed by atoms with Crippen LogP contribution < -0.4 is 0 Å². The van der Waals surface area contributed by atoms with E-state index in [4.69, 9.17) is 0 Å². The Morgan fingerprint density at radius 3 is 1.11 bits per heavy atom. The number of likely N-dealkylation sites (N-methyl/N-ethyl adjacent to an activating group) is 2. The lowest BCUT2D eigenvalue weighted by Gasteiger charge is -2.27. The molecule has 0 saturated carbocycles. The molecule has 0 amide bonds. The molecule has 18 heavy (non-hydrogen) atoms. The molecule has 0 aliphatic heterocycles. The molecule has 2 unspecified atom stereocenters. The minimum atomic E-state index is -1.19. The van der Waals surface area contributed by atoms with Crippen LogP contribution in [0.5, 0.6) is 0 Å². The number of carbonyl (C=O) groups is 2. The smallest absolute Gasteiger partial charge is 0.333 e. The van der Waals surface area contributed by atoms with E-state index in [0.717, 1.165) is 0 Å². The molecule has 6 nitrogen and oxygen atoms in total. The average molecular weight is 258 g/mol. The third kappa shape index (κ3) is 3.82. The summed E-state index contributed by atoms with van der Waals surface area (Å²) in [7, 11) is 6.86. The van der Waals surface area contributed by atoms with Crippen LogP contribution in [0.3, 0.4) is 0 Å². The molecule has 0 aromatic heterocycles. The van der Waals surface area contributed by atoms with E-state index < -0.39 is 24.0 Å². The van der Waals surface area contributed by atoms with E-state index in [2.05, 4.69) is 0 Å². The predicted molar refractivity (Wildman–Crippen MR) is 68.6 cm³/mol. The molecule has 0 rings (SSSR count). The van der Waals surface area contributed by atoms with E-state index >= 15 is 0 Å². The summed E-state index contributed by atoms with van der Waals surface area (Å²) in [6.07, 6.45) is 0. The predicted octanol–water partition coefficient (Wildman–Crippen LogP) is 0.352. The van der Waals surface area contributed by atoms with Gasteiger partial charge in [0.2, 0.25) is 0 Å². The fraction of sp³-hybridized carbons (Fsp3) is 0.667. The Bertz CT molecular complexity index is 327. The van der Waals surface area contributed by atoms with Crippen molar-refractivity contribution < 1.29 is 19.8 Å². The maximum absolute atomic E-state index is 11.4. The molecule has 0 heterocycles. The monoisotopic (exact) mass is 258 g/mol. The number of aliphatic carboxylic acids is 2. The first kappa shape index (κ1) is 16.6. The summed E-state index contributed by atoms with van der Waals surface area (Å²) < 4.78 is 0. The average Bonchev–Trinajstić information content (AvgIpc) is 2.22. The standard InChI is InChI=1S/C12H22N2O4/c1-7(13(3)4)9(11(15)16)10(12(17)18)8(2)14(5)6/h7-8H,1-6H3,(H,15,16)(H,17,18)/b10-9-. The molecule has 0 aromatic carbocycles. The molecule has 0 saturated heterocycles. The second-order valence-electron chi connectivity index (χ2n) is 4.72. The van der Waals surface area contributed by atoms with Crippen molar-refractivity contribution in [3.05, 3.63) is 11.1 Å². The maximum atomic E-state index is 11.4. The van der Waals surface area contributed by atoms with Gasteiger partial charge in [-0.2, -0.15) is 0 Å². The second kappa shape index (κ2) is 6.51. The van der Waals surface area contributed by atoms with Crippen molar-refractivity contribution in [2.75, 3.05) is 28.2 Å². The number of carboxylic acids is 2. The van der Waals surface area contributed by atoms with Gasteiger partial charge < -0.3 is 20.0 Å². The third-order valence-electron chi connectivity index (χ3n) is 3.14. The van der Waals surface area contributed by atoms with Gasteiger partial charge in [-0.1, -0.05) is 0 Å². The minimum Gasteiger partial charge on any atom is -0.478 e. The van der Waals surface area contributed by atoms with Crippen LogP contribution in [-0.2, 0) is 9.59 Å². The topological polar surface area (TPSA) is 81.1 Å². The van der Waals surface area contributed by atoms with Gasteiger partial charge in [0.05, 0.1) is 11.1 Å². The van der Waals surface area contributed by atoms with Crippen LogP contribution in [0.25, 0.3) is 0 Å². The summed E-state index contributed by atoms with van der Waals surface area (Å²) in [5.74, 6) is -2.38. The zero-order chi connectivity index (χ0) is 14.6. The molecule has 0 aliphatic carbocycles. The molecule has 0 fully saturated rings. The second-order valence-corrected chi connectivity index (χ2v) is 4.72. The zero-order valence-corrected chi connectivity index (χ0v) is 11.8. The van der Waals surface area contributed by atoms with Gasteiger partial charge in [0.15, 0.2) is 0 Å². The van der Waals surface area contributed by atoms with Crippen molar-refractivity contribution in [1.29, 1.82) is 0 Å². The summed E-state index contributed by atoms with van der Waals surface area (Å²) in [5.41, 5.74) is -0.151. The molecular weight excluding hydrogens is 236 g/mol. The van der Waals surface area contributed by atoms with Gasteiger partial charge in [-0.15, -0.1) is 0 Å². The molecule has 2 N–H and O–H groups in total. The number of rotatable bonds is 6. The lowest BCUT2D eigenvalue weighted by molar-refractivity contribution is -0.137. The van der Waals surface area contributed by atoms with Gasteiger partial charge in [-0.05, 0) is 42.0 Å². The highest BCUT2D eigenvalue weighted by molar-refractivity contribution is 6.00. The number of carboxylic acid groups (broad SMARTS) is 2. The van der Waals surface area contributed by atoms with E-state index in [-0.39, 0.29) is 11.1 Å². The van der Waals surface area contributed by atoms with Gasteiger partial charge in [0, 0.05) is 12.1 Å². The fourth-order valence-electron chi connectivity index (χ4n) is 1.55. The van der Waals surface area contributed by atoms with E-state index in [0.29, 0.717) is 0 Å². The Hall–Kier alpha value is -1.40. The summed E-state index contributed by atoms with van der Waals surface area (Å²) in [4.78, 5) is 26.1. The highest BCUT2D eigenvalue weighted by Gasteiger charge is 2.30. The van der Waals surface area contributed by atoms with Crippen molar-refractivity contribution in [1.82, 2.24) is 9.80 Å². The Morgan fingerprint density at radius 1 is 0.778 bits per heavy atom. The van der Waals surface area contributed by atoms with Crippen molar-refractivity contribution >= 4 is 11.9 Å². The highest BCUT2D eigenvalue weighted by Crippen LogP contribution is 2.19. The van der Waals surface area contributed by atoms with E-state index in [9.17, 15) is 19.8 Å². The van der Waals surface area contributed by atoms with Gasteiger partial charge in [-0.3, -0.25) is 0 Å². The summed E-state index contributed by atoms with van der Waals surface area (Å²) in [5, 5.41) is 18.6. The van der Waals surface area contributed by atoms with Gasteiger partial charge >= 0.3 is 11.9 Å². The van der Waals surface area contributed by atoms with Gasteiger partial charge in [0.1, 0.15) is 0 Å². The lowest BCUT2D eigenvalue weighted by atomic mass is 9.95. The van der Waals surface area contributed by atoms with Gasteiger partial charge in [-0.25, -0.2) is 9.59 Å². The van der Waals surface area contributed by atoms with Crippen LogP contribution in [0.2, 0.25) is 0 Å². The number of nitrogens with zero attached hydrogens (tertiary/aromatic N) is 2. The van der Waals surface area contributed by atoms with Crippen LogP contribution in [-0.4, -0.2) is 72.2 Å². The van der Waals surface area contributed by atoms with Crippen LogP contribution in [0.4, 0.5) is 0 Å². The molecule has 0 bridgehead atoms. The van der Waals surface area contributed by atoms with Crippen LogP contribution >= 0.6 is 0 Å². The molecule has 0 aliphatic rings. The molecule has 2 atom stereocenters. The van der Waals surface area contributed by atoms with Crippen molar-refractivity contribution in [3.63, 3.8) is 0 Å². The number of hydrogen-bond acceptors (Lipinski definition) is 4. The number of hydrogen-bond donors (Lipinski definition) is 2. The first-order valence-electron chi connectivity index (χ1n) is 5.64. The van der Waals surface area contributed by atoms with E-state index in [1.165, 1.54) is 0 Å². The quantitative estimate of drug-likeness (QED) is 0.669. The zero-order valence-electron chi connectivity index (χ0n) is 11.8. The first-order chi connectivity index (χ1) is 8.11. The lowest BCUT2D eigenvalue weighted by Crippen LogP contribution is -2.38. The summed E-state index contributed by atoms with van der Waals surface area (Å²) in [6, 6.07) is -0.952. The molecule has 6 heteroatoms. The molecule has 0 radical (unpaired) electrons. The largest absolute Gasteiger partial charge is 0.478 e. The minimum absolute atomic E-state index is 0.0753.